The molecule has 1 aromatic heterocycles. The summed E-state index contributed by atoms with van der Waals surface area (Å²) in [6, 6.07) is 7.00. The quantitative estimate of drug-likeness (QED) is 0.819. The second-order valence-electron chi connectivity index (χ2n) is 3.88. The van der Waals surface area contributed by atoms with Crippen molar-refractivity contribution >= 4 is 45.9 Å². The van der Waals surface area contributed by atoms with Crippen LogP contribution in [0.25, 0.3) is 0 Å². The minimum atomic E-state index is -0.216. The van der Waals surface area contributed by atoms with Crippen molar-refractivity contribution in [3.63, 3.8) is 0 Å². The summed E-state index contributed by atoms with van der Waals surface area (Å²) in [6.45, 7) is 1.92. The summed E-state index contributed by atoms with van der Waals surface area (Å²) in [5.41, 5.74) is 1.50. The lowest BCUT2D eigenvalue weighted by atomic mass is 10.2. The lowest BCUT2D eigenvalue weighted by Gasteiger charge is -2.03. The summed E-state index contributed by atoms with van der Waals surface area (Å²) >= 11 is 8.10. The molecular formula is C12H11ClIN3O. The molecule has 0 aliphatic heterocycles. The van der Waals surface area contributed by atoms with Crippen LogP contribution in [-0.4, -0.2) is 15.7 Å². The molecule has 0 saturated heterocycles. The van der Waals surface area contributed by atoms with Crippen molar-refractivity contribution in [1.82, 2.24) is 9.78 Å². The van der Waals surface area contributed by atoms with Crippen molar-refractivity contribution in [2.24, 2.45) is 7.05 Å². The van der Waals surface area contributed by atoms with Gasteiger partial charge >= 0.3 is 0 Å². The van der Waals surface area contributed by atoms with Crippen LogP contribution < -0.4 is 5.32 Å². The molecule has 0 bridgehead atoms. The van der Waals surface area contributed by atoms with Gasteiger partial charge in [0.15, 0.2) is 5.82 Å². The predicted molar refractivity (Wildman–Crippen MR) is 80.1 cm³/mol. The Morgan fingerprint density at radius 2 is 2.17 bits per heavy atom. The summed E-state index contributed by atoms with van der Waals surface area (Å²) in [7, 11) is 1.83. The van der Waals surface area contributed by atoms with E-state index in [1.54, 1.807) is 16.8 Å². The molecule has 0 fully saturated rings. The van der Waals surface area contributed by atoms with Gasteiger partial charge in [0, 0.05) is 27.9 Å². The van der Waals surface area contributed by atoms with Gasteiger partial charge in [0.1, 0.15) is 0 Å². The second kappa shape index (κ2) is 5.27. The summed E-state index contributed by atoms with van der Waals surface area (Å²) in [6.07, 6.45) is 0. The Labute approximate surface area is 123 Å². The lowest BCUT2D eigenvalue weighted by molar-refractivity contribution is 0.102. The first-order valence-corrected chi connectivity index (χ1v) is 6.70. The van der Waals surface area contributed by atoms with E-state index in [1.807, 2.05) is 26.1 Å². The molecule has 0 spiro atoms. The fourth-order valence-electron chi connectivity index (χ4n) is 1.45. The third-order valence-corrected chi connectivity index (χ3v) is 4.11. The van der Waals surface area contributed by atoms with Gasteiger partial charge in [-0.25, -0.2) is 0 Å². The van der Waals surface area contributed by atoms with E-state index in [0.29, 0.717) is 16.4 Å². The normalized spacial score (nSPS) is 10.4. The largest absolute Gasteiger partial charge is 0.305 e. The summed E-state index contributed by atoms with van der Waals surface area (Å²) < 4.78 is 2.62. The van der Waals surface area contributed by atoms with Crippen LogP contribution in [-0.2, 0) is 7.05 Å². The molecule has 18 heavy (non-hydrogen) atoms. The maximum atomic E-state index is 12.0. The average molecular weight is 376 g/mol. The lowest BCUT2D eigenvalue weighted by Crippen LogP contribution is -2.12. The Kier molecular flexibility index (Phi) is 3.91. The molecule has 0 aliphatic rings. The van der Waals surface area contributed by atoms with E-state index in [-0.39, 0.29) is 5.91 Å². The highest BCUT2D eigenvalue weighted by atomic mass is 127. The number of benzene rings is 1. The molecule has 1 heterocycles. The van der Waals surface area contributed by atoms with E-state index in [9.17, 15) is 4.79 Å². The van der Waals surface area contributed by atoms with E-state index in [4.69, 9.17) is 11.6 Å². The number of nitrogens with one attached hydrogen (secondary N) is 1. The number of carbonyl (C=O) groups is 1. The molecule has 0 saturated carbocycles. The van der Waals surface area contributed by atoms with E-state index in [1.165, 1.54) is 0 Å². The highest BCUT2D eigenvalue weighted by molar-refractivity contribution is 14.1. The van der Waals surface area contributed by atoms with Crippen LogP contribution in [0, 0.1) is 10.5 Å². The maximum Gasteiger partial charge on any atom is 0.256 e. The summed E-state index contributed by atoms with van der Waals surface area (Å²) in [5.74, 6) is 0.320. The fourth-order valence-corrected chi connectivity index (χ4v) is 1.96. The first-order chi connectivity index (χ1) is 8.47. The van der Waals surface area contributed by atoms with Gasteiger partial charge in [-0.1, -0.05) is 11.6 Å². The molecule has 1 aromatic carbocycles. The number of halogens is 2. The molecule has 6 heteroatoms. The van der Waals surface area contributed by atoms with Gasteiger partial charge in [-0.3, -0.25) is 9.48 Å². The summed E-state index contributed by atoms with van der Waals surface area (Å²) in [4.78, 5) is 12.0. The van der Waals surface area contributed by atoms with Gasteiger partial charge in [0.2, 0.25) is 0 Å². The number of hydrogen-bond donors (Lipinski definition) is 1. The standard InChI is InChI=1S/C12H11ClIN3O/c1-7-5-11(16-17(7)2)15-12(18)8-3-4-10(14)9(13)6-8/h3-6H,1-2H3,(H,15,16,18). The number of rotatable bonds is 2. The topological polar surface area (TPSA) is 46.9 Å². The van der Waals surface area contributed by atoms with E-state index in [2.05, 4.69) is 33.0 Å². The predicted octanol–water partition coefficient (Wildman–Crippen LogP) is 3.24. The van der Waals surface area contributed by atoms with Crippen molar-refractivity contribution in [3.05, 3.63) is 44.1 Å². The van der Waals surface area contributed by atoms with E-state index in [0.717, 1.165) is 9.26 Å². The maximum absolute atomic E-state index is 12.0. The second-order valence-corrected chi connectivity index (χ2v) is 5.45. The van der Waals surface area contributed by atoms with E-state index >= 15 is 0 Å². The number of hydrogen-bond acceptors (Lipinski definition) is 2. The number of nitrogens with zero attached hydrogens (tertiary/aromatic N) is 2. The van der Waals surface area contributed by atoms with Gasteiger partial charge in [0.25, 0.3) is 5.91 Å². The number of aromatic nitrogens is 2. The van der Waals surface area contributed by atoms with Crippen LogP contribution in [0.3, 0.4) is 0 Å². The third kappa shape index (κ3) is 2.84. The van der Waals surface area contributed by atoms with Gasteiger partial charge in [0.05, 0.1) is 5.02 Å². The van der Waals surface area contributed by atoms with Gasteiger partial charge < -0.3 is 5.32 Å². The van der Waals surface area contributed by atoms with E-state index < -0.39 is 0 Å². The number of aryl methyl sites for hydroxylation is 2. The SMILES string of the molecule is Cc1cc(NC(=O)c2ccc(I)c(Cl)c2)nn1C. The highest BCUT2D eigenvalue weighted by Crippen LogP contribution is 2.20. The number of carbonyl (C=O) groups excluding carboxylic acids is 1. The monoisotopic (exact) mass is 375 g/mol. The Hall–Kier alpha value is -1.08. The molecule has 0 atom stereocenters. The first-order valence-electron chi connectivity index (χ1n) is 5.24. The van der Waals surface area contributed by atoms with Gasteiger partial charge in [-0.05, 0) is 47.7 Å². The van der Waals surface area contributed by atoms with Crippen LogP contribution in [0.5, 0.6) is 0 Å². The molecule has 0 aliphatic carbocycles. The van der Waals surface area contributed by atoms with Crippen molar-refractivity contribution in [3.8, 4) is 0 Å². The van der Waals surface area contributed by atoms with Crippen LogP contribution in [0.4, 0.5) is 5.82 Å². The average Bonchev–Trinajstić information content (AvgIpc) is 2.61. The molecule has 4 nitrogen and oxygen atoms in total. The smallest absolute Gasteiger partial charge is 0.256 e. The van der Waals surface area contributed by atoms with Crippen molar-refractivity contribution < 1.29 is 4.79 Å². The number of amides is 1. The molecule has 1 amide bonds. The molecule has 94 valence electrons. The minimum Gasteiger partial charge on any atom is -0.305 e. The molecule has 0 unspecified atom stereocenters. The first kappa shape index (κ1) is 13.4. The Balaban J connectivity index is 2.19. The van der Waals surface area contributed by atoms with Crippen LogP contribution in [0.2, 0.25) is 5.02 Å². The molecule has 0 radical (unpaired) electrons. The zero-order chi connectivity index (χ0) is 13.3. The Morgan fingerprint density at radius 1 is 1.44 bits per heavy atom. The van der Waals surface area contributed by atoms with Crippen LogP contribution >= 0.6 is 34.2 Å². The van der Waals surface area contributed by atoms with Crippen LogP contribution in [0.1, 0.15) is 16.1 Å². The minimum absolute atomic E-state index is 0.216. The van der Waals surface area contributed by atoms with Gasteiger partial charge in [-0.2, -0.15) is 5.10 Å². The third-order valence-electron chi connectivity index (χ3n) is 2.54. The fraction of sp³-hybridized carbons (Fsp3) is 0.167. The zero-order valence-electron chi connectivity index (χ0n) is 9.87. The van der Waals surface area contributed by atoms with Crippen molar-refractivity contribution in [1.29, 1.82) is 0 Å². The summed E-state index contributed by atoms with van der Waals surface area (Å²) in [5, 5.41) is 7.47. The number of anilines is 1. The zero-order valence-corrected chi connectivity index (χ0v) is 12.8. The van der Waals surface area contributed by atoms with Gasteiger partial charge in [-0.15, -0.1) is 0 Å². The molecule has 2 aromatic rings. The van der Waals surface area contributed by atoms with Crippen molar-refractivity contribution in [2.45, 2.75) is 6.92 Å². The van der Waals surface area contributed by atoms with Crippen molar-refractivity contribution in [2.75, 3.05) is 5.32 Å². The molecule has 1 N–H and O–H groups in total. The molecule has 2 rings (SSSR count). The Bertz CT molecular complexity index is 590. The van der Waals surface area contributed by atoms with Crippen LogP contribution in [0.15, 0.2) is 24.3 Å². The Morgan fingerprint density at radius 3 is 2.72 bits per heavy atom. The highest BCUT2D eigenvalue weighted by Gasteiger charge is 2.10. The molecular weight excluding hydrogens is 365 g/mol.